The first-order valence-electron chi connectivity index (χ1n) is 8.86. The number of amides is 2. The lowest BCUT2D eigenvalue weighted by atomic mass is 9.73. The minimum absolute atomic E-state index is 0.0970. The highest BCUT2D eigenvalue weighted by Gasteiger charge is 2.43. The van der Waals surface area contributed by atoms with Crippen molar-refractivity contribution in [2.75, 3.05) is 26.2 Å². The van der Waals surface area contributed by atoms with Gasteiger partial charge in [0, 0.05) is 44.2 Å². The zero-order chi connectivity index (χ0) is 15.9. The van der Waals surface area contributed by atoms with Gasteiger partial charge in [0.25, 0.3) is 5.91 Å². The second-order valence-electron chi connectivity index (χ2n) is 7.63. The number of carbonyl (C=O) groups is 2. The summed E-state index contributed by atoms with van der Waals surface area (Å²) in [6, 6.07) is 3.71. The molecule has 1 aromatic heterocycles. The average Bonchev–Trinajstić information content (AvgIpc) is 3.20. The molecule has 1 unspecified atom stereocenters. The molecule has 2 amide bonds. The number of rotatable bonds is 3. The van der Waals surface area contributed by atoms with E-state index in [1.807, 2.05) is 17.0 Å². The lowest BCUT2D eigenvalue weighted by Gasteiger charge is -2.48. The first-order chi connectivity index (χ1) is 11.2. The first kappa shape index (κ1) is 14.8. The molecule has 3 aliphatic rings. The van der Waals surface area contributed by atoms with Crippen molar-refractivity contribution in [1.29, 1.82) is 0 Å². The Balaban J connectivity index is 1.46. The second kappa shape index (κ2) is 5.69. The smallest absolute Gasteiger partial charge is 0.270 e. The SMILES string of the molecule is O=C1CCC2(CCCN(C(=O)c3ccc[nH]3)C2)CN1CC1CC1. The van der Waals surface area contributed by atoms with E-state index in [1.54, 1.807) is 6.20 Å². The Morgan fingerprint density at radius 1 is 1.30 bits per heavy atom. The standard InChI is InChI=1S/C18H25N3O2/c22-16-6-8-18(13-21(16)11-14-4-5-14)7-2-10-20(12-18)17(23)15-3-1-9-19-15/h1,3,9,14,19H,2,4-8,10-13H2. The molecule has 0 aromatic carbocycles. The van der Waals surface area contributed by atoms with E-state index in [0.717, 1.165) is 51.4 Å². The Kier molecular flexibility index (Phi) is 3.66. The summed E-state index contributed by atoms with van der Waals surface area (Å²) < 4.78 is 0. The molecule has 1 spiro atoms. The number of likely N-dealkylation sites (tertiary alicyclic amines) is 2. The van der Waals surface area contributed by atoms with Crippen LogP contribution < -0.4 is 0 Å². The molecule has 1 aliphatic carbocycles. The van der Waals surface area contributed by atoms with Gasteiger partial charge < -0.3 is 14.8 Å². The van der Waals surface area contributed by atoms with Gasteiger partial charge in [0.1, 0.15) is 5.69 Å². The fraction of sp³-hybridized carbons (Fsp3) is 0.667. The molecule has 5 heteroatoms. The van der Waals surface area contributed by atoms with Crippen molar-refractivity contribution in [3.63, 3.8) is 0 Å². The predicted molar refractivity (Wildman–Crippen MR) is 86.9 cm³/mol. The van der Waals surface area contributed by atoms with Crippen molar-refractivity contribution < 1.29 is 9.59 Å². The highest BCUT2D eigenvalue weighted by molar-refractivity contribution is 5.92. The molecule has 2 saturated heterocycles. The van der Waals surface area contributed by atoms with Crippen LogP contribution in [0, 0.1) is 11.3 Å². The average molecular weight is 315 g/mol. The number of hydrogen-bond donors (Lipinski definition) is 1. The van der Waals surface area contributed by atoms with E-state index in [0.29, 0.717) is 18.0 Å². The van der Waals surface area contributed by atoms with Gasteiger partial charge in [-0.05, 0) is 50.2 Å². The Labute approximate surface area is 137 Å². The van der Waals surface area contributed by atoms with Gasteiger partial charge in [-0.1, -0.05) is 0 Å². The molecule has 4 rings (SSSR count). The van der Waals surface area contributed by atoms with Crippen molar-refractivity contribution >= 4 is 11.8 Å². The van der Waals surface area contributed by atoms with E-state index in [2.05, 4.69) is 9.88 Å². The number of nitrogens with one attached hydrogen (secondary N) is 1. The zero-order valence-electron chi connectivity index (χ0n) is 13.6. The number of aromatic nitrogens is 1. The fourth-order valence-corrected chi connectivity index (χ4v) is 4.23. The van der Waals surface area contributed by atoms with E-state index in [1.165, 1.54) is 12.8 Å². The van der Waals surface area contributed by atoms with Crippen LogP contribution >= 0.6 is 0 Å². The van der Waals surface area contributed by atoms with E-state index in [4.69, 9.17) is 0 Å². The fourth-order valence-electron chi connectivity index (χ4n) is 4.23. The van der Waals surface area contributed by atoms with E-state index in [9.17, 15) is 9.59 Å². The van der Waals surface area contributed by atoms with Gasteiger partial charge in [-0.15, -0.1) is 0 Å². The number of hydrogen-bond acceptors (Lipinski definition) is 2. The highest BCUT2D eigenvalue weighted by Crippen LogP contribution is 2.40. The van der Waals surface area contributed by atoms with Crippen LogP contribution in [-0.2, 0) is 4.79 Å². The first-order valence-corrected chi connectivity index (χ1v) is 8.86. The van der Waals surface area contributed by atoms with Crippen LogP contribution in [-0.4, -0.2) is 52.8 Å². The van der Waals surface area contributed by atoms with Gasteiger partial charge in [-0.25, -0.2) is 0 Å². The Morgan fingerprint density at radius 2 is 2.17 bits per heavy atom. The molecule has 23 heavy (non-hydrogen) atoms. The molecular weight excluding hydrogens is 290 g/mol. The molecule has 1 atom stereocenters. The van der Waals surface area contributed by atoms with Crippen molar-refractivity contribution in [3.05, 3.63) is 24.0 Å². The summed E-state index contributed by atoms with van der Waals surface area (Å²) in [5, 5.41) is 0. The molecule has 3 fully saturated rings. The van der Waals surface area contributed by atoms with Crippen molar-refractivity contribution in [3.8, 4) is 0 Å². The quantitative estimate of drug-likeness (QED) is 0.930. The van der Waals surface area contributed by atoms with Crippen LogP contribution in [0.15, 0.2) is 18.3 Å². The van der Waals surface area contributed by atoms with Crippen molar-refractivity contribution in [1.82, 2.24) is 14.8 Å². The minimum atomic E-state index is 0.0970. The van der Waals surface area contributed by atoms with Crippen molar-refractivity contribution in [2.24, 2.45) is 11.3 Å². The molecule has 0 radical (unpaired) electrons. The van der Waals surface area contributed by atoms with E-state index in [-0.39, 0.29) is 11.3 Å². The second-order valence-corrected chi connectivity index (χ2v) is 7.63. The van der Waals surface area contributed by atoms with Crippen LogP contribution in [0.3, 0.4) is 0 Å². The van der Waals surface area contributed by atoms with Crippen LogP contribution in [0.4, 0.5) is 0 Å². The summed E-state index contributed by atoms with van der Waals surface area (Å²) in [6.45, 7) is 3.40. The number of aromatic amines is 1. The third-order valence-corrected chi connectivity index (χ3v) is 5.70. The van der Waals surface area contributed by atoms with Gasteiger partial charge in [0.05, 0.1) is 0 Å². The molecule has 2 aliphatic heterocycles. The summed E-state index contributed by atoms with van der Waals surface area (Å²) >= 11 is 0. The third kappa shape index (κ3) is 3.01. The summed E-state index contributed by atoms with van der Waals surface area (Å²) in [4.78, 5) is 32.0. The highest BCUT2D eigenvalue weighted by atomic mass is 16.2. The zero-order valence-corrected chi connectivity index (χ0v) is 13.6. The van der Waals surface area contributed by atoms with Crippen LogP contribution in [0.2, 0.25) is 0 Å². The normalized spacial score (nSPS) is 28.4. The topological polar surface area (TPSA) is 56.4 Å². The van der Waals surface area contributed by atoms with Crippen molar-refractivity contribution in [2.45, 2.75) is 38.5 Å². The van der Waals surface area contributed by atoms with E-state index < -0.39 is 0 Å². The minimum Gasteiger partial charge on any atom is -0.357 e. The molecule has 1 saturated carbocycles. The number of nitrogens with zero attached hydrogens (tertiary/aromatic N) is 2. The van der Waals surface area contributed by atoms with Gasteiger partial charge >= 0.3 is 0 Å². The monoisotopic (exact) mass is 315 g/mol. The summed E-state index contributed by atoms with van der Waals surface area (Å²) in [7, 11) is 0. The molecule has 0 bridgehead atoms. The van der Waals surface area contributed by atoms with E-state index >= 15 is 0 Å². The maximum absolute atomic E-state index is 12.6. The summed E-state index contributed by atoms with van der Waals surface area (Å²) in [5.41, 5.74) is 0.785. The number of piperidine rings is 2. The molecule has 1 aromatic rings. The molecular formula is C18H25N3O2. The van der Waals surface area contributed by atoms with Crippen LogP contribution in [0.25, 0.3) is 0 Å². The van der Waals surface area contributed by atoms with Gasteiger partial charge in [-0.3, -0.25) is 9.59 Å². The number of carbonyl (C=O) groups excluding carboxylic acids is 2. The number of H-pyrrole nitrogens is 1. The lowest BCUT2D eigenvalue weighted by molar-refractivity contribution is -0.139. The van der Waals surface area contributed by atoms with Crippen LogP contribution in [0.5, 0.6) is 0 Å². The van der Waals surface area contributed by atoms with Gasteiger partial charge in [0.15, 0.2) is 0 Å². The Morgan fingerprint density at radius 3 is 2.91 bits per heavy atom. The maximum atomic E-state index is 12.6. The molecule has 1 N–H and O–H groups in total. The van der Waals surface area contributed by atoms with Crippen LogP contribution in [0.1, 0.15) is 49.0 Å². The maximum Gasteiger partial charge on any atom is 0.270 e. The van der Waals surface area contributed by atoms with Gasteiger partial charge in [-0.2, -0.15) is 0 Å². The Hall–Kier alpha value is -1.78. The lowest BCUT2D eigenvalue weighted by Crippen LogP contribution is -2.55. The third-order valence-electron chi connectivity index (χ3n) is 5.70. The summed E-state index contributed by atoms with van der Waals surface area (Å²) in [6.07, 6.45) is 8.10. The summed E-state index contributed by atoms with van der Waals surface area (Å²) in [5.74, 6) is 1.14. The molecule has 124 valence electrons. The Bertz CT molecular complexity index is 593. The molecule has 3 heterocycles. The molecule has 5 nitrogen and oxygen atoms in total. The van der Waals surface area contributed by atoms with Gasteiger partial charge in [0.2, 0.25) is 5.91 Å². The largest absolute Gasteiger partial charge is 0.357 e. The predicted octanol–water partition coefficient (Wildman–Crippen LogP) is 2.27.